The zero-order chi connectivity index (χ0) is 19.9. The number of nitrogens with one attached hydrogen (secondary N) is 1. The number of ether oxygens (including phenoxy) is 2. The van der Waals surface area contributed by atoms with Crippen LogP contribution in [0.2, 0.25) is 0 Å². The van der Waals surface area contributed by atoms with Crippen LogP contribution in [0.1, 0.15) is 20.1 Å². The Labute approximate surface area is 153 Å². The van der Waals surface area contributed by atoms with E-state index in [0.717, 1.165) is 0 Å². The predicted molar refractivity (Wildman–Crippen MR) is 92.3 cm³/mol. The normalized spacial score (nSPS) is 26.6. The number of anilines is 1. The number of rotatable bonds is 5. The molecule has 1 aliphatic heterocycles. The molecule has 0 aromatic carbocycles. The monoisotopic (exact) mass is 382 g/mol. The molecule has 12 heteroatoms. The van der Waals surface area contributed by atoms with E-state index in [1.165, 1.54) is 10.9 Å². The van der Waals surface area contributed by atoms with Crippen molar-refractivity contribution in [1.29, 1.82) is 0 Å². The van der Waals surface area contributed by atoms with E-state index in [1.807, 2.05) is 0 Å². The number of aliphatic hydroxyl groups excluding tert-OH is 2. The van der Waals surface area contributed by atoms with E-state index in [1.54, 1.807) is 13.8 Å². The predicted octanol–water partition coefficient (Wildman–Crippen LogP) is -2.15. The summed E-state index contributed by atoms with van der Waals surface area (Å²) in [6.45, 7) is 3.26. The number of carbonyl (C=O) groups excluding carboxylic acids is 1. The van der Waals surface area contributed by atoms with Gasteiger partial charge >= 0.3 is 5.97 Å². The van der Waals surface area contributed by atoms with E-state index in [0.29, 0.717) is 0 Å². The van der Waals surface area contributed by atoms with Gasteiger partial charge in [0.25, 0.3) is 5.56 Å². The van der Waals surface area contributed by atoms with E-state index < -0.39 is 42.1 Å². The van der Waals surface area contributed by atoms with E-state index in [9.17, 15) is 19.8 Å². The summed E-state index contributed by atoms with van der Waals surface area (Å²) in [6.07, 6.45) is -3.55. The van der Waals surface area contributed by atoms with Crippen molar-refractivity contribution in [1.82, 2.24) is 19.5 Å². The number of hydrogen-bond acceptors (Lipinski definition) is 10. The maximum Gasteiger partial charge on any atom is 0.323 e. The lowest BCUT2D eigenvalue weighted by Crippen LogP contribution is -2.40. The van der Waals surface area contributed by atoms with Crippen LogP contribution >= 0.6 is 0 Å². The Hall–Kier alpha value is -2.54. The number of nitrogens with two attached hydrogens (primary N) is 2. The fraction of sp³-hybridized carbons (Fsp3) is 0.600. The highest BCUT2D eigenvalue weighted by Crippen LogP contribution is 2.31. The van der Waals surface area contributed by atoms with Gasteiger partial charge in [0.15, 0.2) is 17.4 Å². The summed E-state index contributed by atoms with van der Waals surface area (Å²) < 4.78 is 12.0. The topological polar surface area (TPSA) is 192 Å². The summed E-state index contributed by atoms with van der Waals surface area (Å²) >= 11 is 0. The van der Waals surface area contributed by atoms with Crippen LogP contribution in [0.4, 0.5) is 5.95 Å². The molecule has 0 bridgehead atoms. The van der Waals surface area contributed by atoms with Gasteiger partial charge in [-0.1, -0.05) is 13.8 Å². The number of nitrogen functional groups attached to an aromatic ring is 1. The molecule has 0 saturated carbocycles. The van der Waals surface area contributed by atoms with Crippen molar-refractivity contribution in [2.24, 2.45) is 11.7 Å². The summed E-state index contributed by atoms with van der Waals surface area (Å²) in [5, 5.41) is 20.6. The van der Waals surface area contributed by atoms with Crippen molar-refractivity contribution >= 4 is 23.1 Å². The number of carbonyl (C=O) groups is 1. The second-order valence-electron chi connectivity index (χ2n) is 6.72. The van der Waals surface area contributed by atoms with E-state index in [2.05, 4.69) is 15.0 Å². The van der Waals surface area contributed by atoms with Gasteiger partial charge in [-0.2, -0.15) is 4.98 Å². The van der Waals surface area contributed by atoms with E-state index in [-0.39, 0.29) is 29.6 Å². The average molecular weight is 382 g/mol. The Kier molecular flexibility index (Phi) is 5.15. The first-order valence-electron chi connectivity index (χ1n) is 8.36. The molecular weight excluding hydrogens is 360 g/mol. The quantitative estimate of drug-likeness (QED) is 0.356. The van der Waals surface area contributed by atoms with Gasteiger partial charge in [-0.15, -0.1) is 0 Å². The van der Waals surface area contributed by atoms with E-state index >= 15 is 0 Å². The van der Waals surface area contributed by atoms with Crippen LogP contribution in [0.3, 0.4) is 0 Å². The largest absolute Gasteiger partial charge is 0.462 e. The summed E-state index contributed by atoms with van der Waals surface area (Å²) in [4.78, 5) is 34.0. The van der Waals surface area contributed by atoms with Gasteiger partial charge in [0, 0.05) is 0 Å². The molecule has 0 aliphatic carbocycles. The first kappa shape index (κ1) is 19.2. The third-order valence-electron chi connectivity index (χ3n) is 4.44. The minimum atomic E-state index is -1.37. The first-order valence-corrected chi connectivity index (χ1v) is 8.36. The Morgan fingerprint density at radius 1 is 1.44 bits per heavy atom. The molecule has 3 rings (SSSR count). The molecule has 2 aromatic heterocycles. The van der Waals surface area contributed by atoms with Gasteiger partial charge in [-0.25, -0.2) is 4.98 Å². The van der Waals surface area contributed by atoms with Crippen molar-refractivity contribution in [3.8, 4) is 0 Å². The molecule has 0 unspecified atom stereocenters. The van der Waals surface area contributed by atoms with Crippen LogP contribution in [0, 0.1) is 5.92 Å². The zero-order valence-corrected chi connectivity index (χ0v) is 14.8. The maximum atomic E-state index is 11.9. The highest BCUT2D eigenvalue weighted by Gasteiger charge is 2.45. The Bertz CT molecular complexity index is 895. The van der Waals surface area contributed by atoms with E-state index in [4.69, 9.17) is 20.9 Å². The number of imidazole rings is 1. The smallest absolute Gasteiger partial charge is 0.323 e. The Morgan fingerprint density at radius 2 is 2.15 bits per heavy atom. The van der Waals surface area contributed by atoms with Gasteiger partial charge in [-0.3, -0.25) is 19.1 Å². The fourth-order valence-electron chi connectivity index (χ4n) is 2.76. The van der Waals surface area contributed by atoms with Gasteiger partial charge in [0.1, 0.15) is 31.0 Å². The Morgan fingerprint density at radius 3 is 2.81 bits per heavy atom. The summed E-state index contributed by atoms with van der Waals surface area (Å²) in [5.41, 5.74) is 10.8. The van der Waals surface area contributed by atoms with Crippen LogP contribution in [-0.4, -0.2) is 66.7 Å². The molecule has 27 heavy (non-hydrogen) atoms. The fourth-order valence-corrected chi connectivity index (χ4v) is 2.76. The van der Waals surface area contributed by atoms with Crippen LogP contribution in [0.15, 0.2) is 11.1 Å². The molecule has 5 atom stereocenters. The molecule has 12 nitrogen and oxygen atoms in total. The van der Waals surface area contributed by atoms with Crippen LogP contribution < -0.4 is 17.0 Å². The second-order valence-corrected chi connectivity index (χ2v) is 6.72. The number of hydrogen-bond donors (Lipinski definition) is 5. The van der Waals surface area contributed by atoms with Crippen LogP contribution in [0.25, 0.3) is 11.2 Å². The first-order chi connectivity index (χ1) is 12.7. The highest BCUT2D eigenvalue weighted by atomic mass is 16.6. The summed E-state index contributed by atoms with van der Waals surface area (Å²) in [5.74, 6) is -0.875. The van der Waals surface area contributed by atoms with Crippen LogP contribution in [-0.2, 0) is 14.3 Å². The van der Waals surface area contributed by atoms with Gasteiger partial charge in [-0.05, 0) is 5.92 Å². The molecule has 1 fully saturated rings. The average Bonchev–Trinajstić information content (AvgIpc) is 3.14. The summed E-state index contributed by atoms with van der Waals surface area (Å²) in [6, 6.07) is -0.805. The summed E-state index contributed by atoms with van der Waals surface area (Å²) in [7, 11) is 0. The van der Waals surface area contributed by atoms with Crippen molar-refractivity contribution in [2.75, 3.05) is 12.3 Å². The molecule has 3 heterocycles. The molecule has 1 aliphatic rings. The molecule has 1 saturated heterocycles. The zero-order valence-electron chi connectivity index (χ0n) is 14.8. The molecule has 0 amide bonds. The number of nitrogens with zero attached hydrogens (tertiary/aromatic N) is 3. The third kappa shape index (κ3) is 3.51. The SMILES string of the molecule is CC(C)[C@H](N)C(=O)OC[C@H]1O[C@@H](n2cnc3c(=O)[nH]c(N)nc32)[C@@H](O)[C@@H]1O. The number of H-pyrrole nitrogens is 1. The highest BCUT2D eigenvalue weighted by molar-refractivity contribution is 5.75. The third-order valence-corrected chi connectivity index (χ3v) is 4.44. The van der Waals surface area contributed by atoms with Gasteiger partial charge in [0.05, 0.1) is 6.33 Å². The van der Waals surface area contributed by atoms with Crippen molar-refractivity contribution < 1.29 is 24.5 Å². The van der Waals surface area contributed by atoms with Crippen LogP contribution in [0.5, 0.6) is 0 Å². The van der Waals surface area contributed by atoms with Gasteiger partial charge in [0.2, 0.25) is 5.95 Å². The standard InChI is InChI=1S/C15H22N6O6/c1-5(2)7(16)14(25)26-3-6-9(22)10(23)13(27-6)21-4-18-8-11(21)19-15(17)20-12(8)24/h4-7,9-10,13,22-23H,3,16H2,1-2H3,(H3,17,19,20,24)/t6-,7+,9-,10+,13-/m1/s1. The molecule has 7 N–H and O–H groups in total. The lowest BCUT2D eigenvalue weighted by molar-refractivity contribution is -0.152. The second kappa shape index (κ2) is 7.23. The minimum absolute atomic E-state index is 0.00674. The molecule has 148 valence electrons. The van der Waals surface area contributed by atoms with Crippen molar-refractivity contribution in [2.45, 2.75) is 44.4 Å². The maximum absolute atomic E-state index is 11.9. The molecule has 0 spiro atoms. The van der Waals surface area contributed by atoms with Gasteiger partial charge < -0.3 is 31.2 Å². The number of aliphatic hydroxyl groups is 2. The molecular formula is C15H22N6O6. The molecule has 0 radical (unpaired) electrons. The number of aromatic amines is 1. The number of aromatic nitrogens is 4. The lowest BCUT2D eigenvalue weighted by Gasteiger charge is -2.18. The van der Waals surface area contributed by atoms with Crippen molar-refractivity contribution in [3.05, 3.63) is 16.7 Å². The minimum Gasteiger partial charge on any atom is -0.462 e. The number of fused-ring (bicyclic) bond motifs is 1. The number of esters is 1. The molecule has 2 aromatic rings. The lowest BCUT2D eigenvalue weighted by atomic mass is 10.1. The Balaban J connectivity index is 1.78. The van der Waals surface area contributed by atoms with Crippen molar-refractivity contribution in [3.63, 3.8) is 0 Å².